The lowest BCUT2D eigenvalue weighted by atomic mass is 10.2. The molecule has 12 heavy (non-hydrogen) atoms. The number of halogens is 1. The molecule has 0 radical (unpaired) electrons. The van der Waals surface area contributed by atoms with Gasteiger partial charge < -0.3 is 9.84 Å². The molecule has 0 aromatic carbocycles. The molecule has 0 heterocycles. The summed E-state index contributed by atoms with van der Waals surface area (Å²) in [7, 11) is 1.21. The molecule has 0 saturated carbocycles. The smallest absolute Gasteiger partial charge is 0.334 e. The molecule has 0 aromatic rings. The third-order valence-corrected chi connectivity index (χ3v) is 1.44. The molecule has 0 rings (SSSR count). The average molecular weight is 237 g/mol. The van der Waals surface area contributed by atoms with Crippen molar-refractivity contribution >= 4 is 27.9 Å². The zero-order valence-corrected chi connectivity index (χ0v) is 8.13. The molecule has 4 nitrogen and oxygen atoms in total. The molecule has 0 saturated heterocycles. The minimum Gasteiger partial charge on any atom is -0.481 e. The number of rotatable bonds is 4. The van der Waals surface area contributed by atoms with Crippen LogP contribution in [0.25, 0.3) is 0 Å². The quantitative estimate of drug-likeness (QED) is 0.449. The second-order valence-corrected chi connectivity index (χ2v) is 2.59. The number of alkyl halides is 1. The number of carbonyl (C=O) groups excluding carboxylic acids is 1. The van der Waals surface area contributed by atoms with Crippen LogP contribution in [-0.4, -0.2) is 29.5 Å². The van der Waals surface area contributed by atoms with Crippen LogP contribution in [0.3, 0.4) is 0 Å². The first-order valence-corrected chi connectivity index (χ1v) is 4.29. The molecular weight excluding hydrogens is 228 g/mol. The minimum absolute atomic E-state index is 0.155. The van der Waals surface area contributed by atoms with Gasteiger partial charge in [0.1, 0.15) is 0 Å². The maximum absolute atomic E-state index is 10.9. The first kappa shape index (κ1) is 11.2. The van der Waals surface area contributed by atoms with E-state index < -0.39 is 11.9 Å². The van der Waals surface area contributed by atoms with Crippen molar-refractivity contribution in [3.05, 3.63) is 11.6 Å². The predicted molar refractivity (Wildman–Crippen MR) is 46.1 cm³/mol. The molecule has 0 unspecified atom stereocenters. The Kier molecular flexibility index (Phi) is 5.36. The van der Waals surface area contributed by atoms with Crippen molar-refractivity contribution in [2.45, 2.75) is 6.42 Å². The van der Waals surface area contributed by atoms with Crippen LogP contribution in [0.1, 0.15) is 6.42 Å². The van der Waals surface area contributed by atoms with Gasteiger partial charge in [-0.2, -0.15) is 0 Å². The Morgan fingerprint density at radius 1 is 1.58 bits per heavy atom. The predicted octanol–water partition coefficient (Wildman–Crippen LogP) is 0.955. The van der Waals surface area contributed by atoms with Gasteiger partial charge in [-0.3, -0.25) is 4.79 Å². The van der Waals surface area contributed by atoms with Gasteiger partial charge in [0.2, 0.25) is 0 Å². The van der Waals surface area contributed by atoms with E-state index in [0.717, 1.165) is 0 Å². The molecular formula is C7H9BrO4. The van der Waals surface area contributed by atoms with Crippen LogP contribution >= 0.6 is 15.9 Å². The number of aliphatic carboxylic acids is 1. The van der Waals surface area contributed by atoms with Crippen molar-refractivity contribution in [1.82, 2.24) is 0 Å². The van der Waals surface area contributed by atoms with E-state index in [0.29, 0.717) is 5.33 Å². The van der Waals surface area contributed by atoms with Crippen LogP contribution in [0.15, 0.2) is 11.6 Å². The van der Waals surface area contributed by atoms with Gasteiger partial charge in [0.15, 0.2) is 0 Å². The van der Waals surface area contributed by atoms with Gasteiger partial charge in [0.25, 0.3) is 0 Å². The lowest BCUT2D eigenvalue weighted by molar-refractivity contribution is -0.141. The number of ether oxygens (including phenoxy) is 1. The van der Waals surface area contributed by atoms with E-state index in [-0.39, 0.29) is 12.0 Å². The molecule has 0 aliphatic heterocycles. The minimum atomic E-state index is -1.05. The SMILES string of the molecule is COC(=O)C(=CCBr)CC(=O)O. The highest BCUT2D eigenvalue weighted by Gasteiger charge is 2.12. The largest absolute Gasteiger partial charge is 0.481 e. The summed E-state index contributed by atoms with van der Waals surface area (Å²) in [6, 6.07) is 0. The fourth-order valence-electron chi connectivity index (χ4n) is 0.615. The van der Waals surface area contributed by atoms with Gasteiger partial charge in [0.05, 0.1) is 13.5 Å². The summed E-state index contributed by atoms with van der Waals surface area (Å²) in [5.41, 5.74) is 0.155. The fraction of sp³-hybridized carbons (Fsp3) is 0.429. The highest BCUT2D eigenvalue weighted by molar-refractivity contribution is 9.09. The zero-order valence-electron chi connectivity index (χ0n) is 6.54. The Balaban J connectivity index is 4.34. The van der Waals surface area contributed by atoms with Gasteiger partial charge in [0, 0.05) is 10.9 Å². The maximum Gasteiger partial charge on any atom is 0.334 e. The standard InChI is InChI=1S/C7H9BrO4/c1-12-7(11)5(2-3-8)4-6(9)10/h2H,3-4H2,1H3,(H,9,10). The maximum atomic E-state index is 10.9. The fourth-order valence-corrected chi connectivity index (χ4v) is 1.01. The van der Waals surface area contributed by atoms with Crippen molar-refractivity contribution < 1.29 is 19.4 Å². The van der Waals surface area contributed by atoms with E-state index in [9.17, 15) is 9.59 Å². The van der Waals surface area contributed by atoms with Gasteiger partial charge in [-0.15, -0.1) is 0 Å². The molecule has 1 N–H and O–H groups in total. The first-order valence-electron chi connectivity index (χ1n) is 3.17. The lowest BCUT2D eigenvalue weighted by Crippen LogP contribution is -2.09. The highest BCUT2D eigenvalue weighted by Crippen LogP contribution is 2.04. The van der Waals surface area contributed by atoms with Crippen molar-refractivity contribution in [3.63, 3.8) is 0 Å². The van der Waals surface area contributed by atoms with Crippen molar-refractivity contribution in [2.75, 3.05) is 12.4 Å². The van der Waals surface area contributed by atoms with Gasteiger partial charge in [-0.1, -0.05) is 22.0 Å². The number of carboxylic acids is 1. The highest BCUT2D eigenvalue weighted by atomic mass is 79.9. The average Bonchev–Trinajstić information content (AvgIpc) is 2.01. The van der Waals surface area contributed by atoms with Crippen molar-refractivity contribution in [2.24, 2.45) is 0 Å². The summed E-state index contributed by atoms with van der Waals surface area (Å²) in [4.78, 5) is 21.1. The van der Waals surface area contributed by atoms with Crippen LogP contribution in [0.2, 0.25) is 0 Å². The molecule has 0 bridgehead atoms. The van der Waals surface area contributed by atoms with Crippen molar-refractivity contribution in [1.29, 1.82) is 0 Å². The number of hydrogen-bond donors (Lipinski definition) is 1. The van der Waals surface area contributed by atoms with Crippen LogP contribution in [0.4, 0.5) is 0 Å². The number of hydrogen-bond acceptors (Lipinski definition) is 3. The third-order valence-electron chi connectivity index (χ3n) is 1.11. The van der Waals surface area contributed by atoms with E-state index in [2.05, 4.69) is 20.7 Å². The molecule has 0 atom stereocenters. The van der Waals surface area contributed by atoms with E-state index >= 15 is 0 Å². The molecule has 5 heteroatoms. The van der Waals surface area contributed by atoms with Crippen LogP contribution < -0.4 is 0 Å². The summed E-state index contributed by atoms with van der Waals surface area (Å²) in [6.45, 7) is 0. The number of allylic oxidation sites excluding steroid dienone is 1. The lowest BCUT2D eigenvalue weighted by Gasteiger charge is -2.00. The molecule has 68 valence electrons. The summed E-state index contributed by atoms with van der Waals surface area (Å²) in [5.74, 6) is -1.65. The normalized spacial score (nSPS) is 11.0. The number of carbonyl (C=O) groups is 2. The van der Waals surface area contributed by atoms with Gasteiger partial charge in [-0.25, -0.2) is 4.79 Å². The van der Waals surface area contributed by atoms with Crippen LogP contribution in [0, 0.1) is 0 Å². The number of methoxy groups -OCH3 is 1. The summed E-state index contributed by atoms with van der Waals surface area (Å²) in [6.07, 6.45) is 1.16. The molecule has 0 fully saturated rings. The summed E-state index contributed by atoms with van der Waals surface area (Å²) < 4.78 is 4.37. The van der Waals surface area contributed by atoms with E-state index in [1.807, 2.05) is 0 Å². The summed E-state index contributed by atoms with van der Waals surface area (Å²) in [5, 5.41) is 8.83. The molecule has 0 amide bonds. The molecule has 0 aliphatic rings. The second-order valence-electron chi connectivity index (χ2n) is 1.95. The van der Waals surface area contributed by atoms with E-state index in [1.54, 1.807) is 0 Å². The van der Waals surface area contributed by atoms with Crippen LogP contribution in [-0.2, 0) is 14.3 Å². The molecule has 0 aromatic heterocycles. The summed E-state index contributed by atoms with van der Waals surface area (Å²) >= 11 is 3.06. The molecule has 0 spiro atoms. The van der Waals surface area contributed by atoms with Gasteiger partial charge >= 0.3 is 11.9 Å². The Labute approximate surface area is 78.3 Å². The van der Waals surface area contributed by atoms with Gasteiger partial charge in [-0.05, 0) is 0 Å². The van der Waals surface area contributed by atoms with Crippen LogP contribution in [0.5, 0.6) is 0 Å². The Bertz CT molecular complexity index is 209. The van der Waals surface area contributed by atoms with E-state index in [4.69, 9.17) is 5.11 Å². The monoisotopic (exact) mass is 236 g/mol. The van der Waals surface area contributed by atoms with Crippen molar-refractivity contribution in [3.8, 4) is 0 Å². The van der Waals surface area contributed by atoms with E-state index in [1.165, 1.54) is 13.2 Å². The Morgan fingerprint density at radius 3 is 2.50 bits per heavy atom. The topological polar surface area (TPSA) is 63.6 Å². The Hall–Kier alpha value is -0.840. The number of esters is 1. The second kappa shape index (κ2) is 5.77. The third kappa shape index (κ3) is 4.12. The first-order chi connectivity index (χ1) is 5.61. The number of carboxylic acid groups (broad SMARTS) is 1. The molecule has 0 aliphatic carbocycles. The Morgan fingerprint density at radius 2 is 2.17 bits per heavy atom. The zero-order chi connectivity index (χ0) is 9.56.